The molecule has 10 nitrogen and oxygen atoms in total. The van der Waals surface area contributed by atoms with Crippen LogP contribution in [0.15, 0.2) is 34.6 Å². The minimum absolute atomic E-state index is 0.135. The Morgan fingerprint density at radius 2 is 1.91 bits per heavy atom. The van der Waals surface area contributed by atoms with E-state index in [-0.39, 0.29) is 17.5 Å². The predicted octanol–water partition coefficient (Wildman–Crippen LogP) is 3.19. The van der Waals surface area contributed by atoms with Gasteiger partial charge in [-0.2, -0.15) is 4.98 Å². The second-order valence-corrected chi connectivity index (χ2v) is 9.74. The molecule has 0 atom stereocenters. The van der Waals surface area contributed by atoms with Gasteiger partial charge in [-0.3, -0.25) is 0 Å². The standard InChI is InChI=1S/C23H27N7O3S/c1-23(2)13-33-19(28-23)16-12-34-20-17(16)18(26-21(24)27-20)29-8-10-30(11-9-29)22(31)25-14-4-6-15(32-3)7-5-14/h4-7,12H,8-11,13H2,1-3H3,(H,25,31)(H2,24,26,27). The van der Waals surface area contributed by atoms with Crippen molar-refractivity contribution in [2.45, 2.75) is 19.4 Å². The number of nitrogens with zero attached hydrogens (tertiary/aromatic N) is 5. The van der Waals surface area contributed by atoms with Gasteiger partial charge in [0.1, 0.15) is 23.0 Å². The summed E-state index contributed by atoms with van der Waals surface area (Å²) in [7, 11) is 1.61. The number of aromatic nitrogens is 2. The summed E-state index contributed by atoms with van der Waals surface area (Å²) in [6.45, 7) is 6.97. The Bertz CT molecular complexity index is 1250. The molecule has 2 aliphatic heterocycles. The van der Waals surface area contributed by atoms with Gasteiger partial charge in [0.25, 0.3) is 0 Å². The molecule has 178 valence electrons. The van der Waals surface area contributed by atoms with Crippen LogP contribution in [0.4, 0.5) is 22.2 Å². The fourth-order valence-corrected chi connectivity index (χ4v) is 4.96. The SMILES string of the molecule is COc1ccc(NC(=O)N2CCN(c3nc(N)nc4scc(C5=NC(C)(C)CO5)c34)CC2)cc1. The molecule has 2 aromatic heterocycles. The summed E-state index contributed by atoms with van der Waals surface area (Å²) >= 11 is 1.50. The van der Waals surface area contributed by atoms with Crippen LogP contribution in [0.2, 0.25) is 0 Å². The number of hydrogen-bond acceptors (Lipinski definition) is 9. The summed E-state index contributed by atoms with van der Waals surface area (Å²) in [6, 6.07) is 7.14. The fraction of sp³-hybridized carbons (Fsp3) is 0.391. The maximum absolute atomic E-state index is 12.8. The summed E-state index contributed by atoms with van der Waals surface area (Å²) in [6.07, 6.45) is 0. The molecule has 0 saturated carbocycles. The van der Waals surface area contributed by atoms with E-state index in [1.54, 1.807) is 12.0 Å². The lowest BCUT2D eigenvalue weighted by Crippen LogP contribution is -2.50. The highest BCUT2D eigenvalue weighted by atomic mass is 32.1. The zero-order valence-electron chi connectivity index (χ0n) is 19.4. The number of aliphatic imine (C=N–C) groups is 1. The van der Waals surface area contributed by atoms with E-state index in [0.29, 0.717) is 38.7 Å². The second-order valence-electron chi connectivity index (χ2n) is 8.89. The number of rotatable bonds is 4. The van der Waals surface area contributed by atoms with E-state index in [4.69, 9.17) is 20.2 Å². The molecular formula is C23H27N7O3S. The Balaban J connectivity index is 1.33. The van der Waals surface area contributed by atoms with Crippen LogP contribution < -0.4 is 20.7 Å². The Labute approximate surface area is 201 Å². The molecule has 1 fully saturated rings. The van der Waals surface area contributed by atoms with Gasteiger partial charge in [-0.1, -0.05) is 0 Å². The van der Waals surface area contributed by atoms with Crippen molar-refractivity contribution < 1.29 is 14.3 Å². The number of carbonyl (C=O) groups is 1. The molecule has 0 unspecified atom stereocenters. The molecule has 1 saturated heterocycles. The Morgan fingerprint density at radius 1 is 1.18 bits per heavy atom. The van der Waals surface area contributed by atoms with Crippen LogP contribution >= 0.6 is 11.3 Å². The third-order valence-corrected chi connectivity index (χ3v) is 6.71. The van der Waals surface area contributed by atoms with Gasteiger partial charge in [0.2, 0.25) is 11.8 Å². The van der Waals surface area contributed by atoms with Crippen LogP contribution in [-0.2, 0) is 4.74 Å². The topological polar surface area (TPSA) is 118 Å². The largest absolute Gasteiger partial charge is 0.497 e. The van der Waals surface area contributed by atoms with Gasteiger partial charge in [0, 0.05) is 37.2 Å². The van der Waals surface area contributed by atoms with Crippen LogP contribution in [0.5, 0.6) is 5.75 Å². The number of fused-ring (bicyclic) bond motifs is 1. The number of urea groups is 1. The molecule has 2 aliphatic rings. The van der Waals surface area contributed by atoms with Gasteiger partial charge in [-0.25, -0.2) is 14.8 Å². The smallest absolute Gasteiger partial charge is 0.321 e. The van der Waals surface area contributed by atoms with Crippen LogP contribution in [0.3, 0.4) is 0 Å². The van der Waals surface area contributed by atoms with E-state index < -0.39 is 0 Å². The first-order valence-corrected chi connectivity index (χ1v) is 11.9. The van der Waals surface area contributed by atoms with Crippen molar-refractivity contribution in [2.24, 2.45) is 4.99 Å². The summed E-state index contributed by atoms with van der Waals surface area (Å²) in [5.74, 6) is 2.34. The lowest BCUT2D eigenvalue weighted by Gasteiger charge is -2.35. The minimum atomic E-state index is -0.263. The number of methoxy groups -OCH3 is 1. The molecule has 11 heteroatoms. The highest BCUT2D eigenvalue weighted by Gasteiger charge is 2.31. The van der Waals surface area contributed by atoms with Gasteiger partial charge in [-0.05, 0) is 38.1 Å². The zero-order chi connectivity index (χ0) is 23.9. The number of piperazine rings is 1. The van der Waals surface area contributed by atoms with E-state index in [2.05, 4.69) is 20.2 Å². The number of thiophene rings is 1. The lowest BCUT2D eigenvalue weighted by molar-refractivity contribution is 0.208. The van der Waals surface area contributed by atoms with Gasteiger partial charge >= 0.3 is 6.03 Å². The number of nitrogen functional groups attached to an aromatic ring is 1. The van der Waals surface area contributed by atoms with E-state index in [1.807, 2.05) is 43.5 Å². The van der Waals surface area contributed by atoms with Crippen molar-refractivity contribution in [3.8, 4) is 5.75 Å². The van der Waals surface area contributed by atoms with Gasteiger partial charge in [-0.15, -0.1) is 11.3 Å². The fourth-order valence-electron chi connectivity index (χ4n) is 4.05. The Kier molecular flexibility index (Phi) is 5.64. The van der Waals surface area contributed by atoms with E-state index in [1.165, 1.54) is 11.3 Å². The molecule has 5 rings (SSSR count). The molecule has 3 aromatic rings. The summed E-state index contributed by atoms with van der Waals surface area (Å²) in [5.41, 5.74) is 7.38. The van der Waals surface area contributed by atoms with E-state index in [0.717, 1.165) is 33.0 Å². The number of amides is 2. The third-order valence-electron chi connectivity index (χ3n) is 5.84. The predicted molar refractivity (Wildman–Crippen MR) is 134 cm³/mol. The van der Waals surface area contributed by atoms with Crippen molar-refractivity contribution in [1.29, 1.82) is 0 Å². The molecule has 3 N–H and O–H groups in total. The molecule has 0 bridgehead atoms. The molecule has 0 aliphatic carbocycles. The van der Waals surface area contributed by atoms with Crippen LogP contribution in [0.1, 0.15) is 19.4 Å². The molecule has 0 spiro atoms. The number of nitrogens with one attached hydrogen (secondary N) is 1. The quantitative estimate of drug-likeness (QED) is 0.587. The first-order valence-electron chi connectivity index (χ1n) is 11.1. The first-order chi connectivity index (χ1) is 16.3. The van der Waals surface area contributed by atoms with Crippen molar-refractivity contribution in [1.82, 2.24) is 14.9 Å². The highest BCUT2D eigenvalue weighted by molar-refractivity contribution is 7.17. The zero-order valence-corrected chi connectivity index (χ0v) is 20.2. The van der Waals surface area contributed by atoms with Crippen LogP contribution in [0, 0.1) is 0 Å². The van der Waals surface area contributed by atoms with Crippen LogP contribution in [0.25, 0.3) is 10.2 Å². The van der Waals surface area contributed by atoms with Gasteiger partial charge < -0.3 is 30.3 Å². The molecule has 4 heterocycles. The maximum Gasteiger partial charge on any atom is 0.321 e. The van der Waals surface area contributed by atoms with Crippen LogP contribution in [-0.4, -0.2) is 72.2 Å². The number of nitrogens with two attached hydrogens (primary N) is 1. The van der Waals surface area contributed by atoms with Crippen molar-refractivity contribution in [3.63, 3.8) is 0 Å². The lowest BCUT2D eigenvalue weighted by atomic mass is 10.1. The van der Waals surface area contributed by atoms with Crippen molar-refractivity contribution in [3.05, 3.63) is 35.2 Å². The Hall–Kier alpha value is -3.60. The summed E-state index contributed by atoms with van der Waals surface area (Å²) < 4.78 is 11.1. The summed E-state index contributed by atoms with van der Waals surface area (Å²) in [4.78, 5) is 31.2. The van der Waals surface area contributed by atoms with Crippen molar-refractivity contribution >= 4 is 50.9 Å². The highest BCUT2D eigenvalue weighted by Crippen LogP contribution is 2.35. The average Bonchev–Trinajstić information content (AvgIpc) is 3.41. The van der Waals surface area contributed by atoms with Gasteiger partial charge in [0.05, 0.1) is 23.6 Å². The van der Waals surface area contributed by atoms with E-state index >= 15 is 0 Å². The number of ether oxygens (including phenoxy) is 2. The molecule has 1 aromatic carbocycles. The average molecular weight is 482 g/mol. The monoisotopic (exact) mass is 481 g/mol. The molecule has 2 amide bonds. The number of carbonyl (C=O) groups excluding carboxylic acids is 1. The van der Waals surface area contributed by atoms with Gasteiger partial charge in [0.15, 0.2) is 0 Å². The number of anilines is 3. The maximum atomic E-state index is 12.8. The molecule has 0 radical (unpaired) electrons. The molecular weight excluding hydrogens is 454 g/mol. The normalized spacial score (nSPS) is 17.4. The third kappa shape index (κ3) is 4.30. The number of hydrogen-bond donors (Lipinski definition) is 2. The molecule has 34 heavy (non-hydrogen) atoms. The second kappa shape index (κ2) is 8.64. The minimum Gasteiger partial charge on any atom is -0.497 e. The Morgan fingerprint density at radius 3 is 2.56 bits per heavy atom. The van der Waals surface area contributed by atoms with E-state index in [9.17, 15) is 4.79 Å². The summed E-state index contributed by atoms with van der Waals surface area (Å²) in [5, 5.41) is 5.84. The first kappa shape index (κ1) is 22.2. The number of benzene rings is 1. The van der Waals surface area contributed by atoms with Crippen molar-refractivity contribution in [2.75, 3.05) is 55.8 Å².